The van der Waals surface area contributed by atoms with Gasteiger partial charge in [-0.05, 0) is 44.5 Å². The summed E-state index contributed by atoms with van der Waals surface area (Å²) in [4.78, 5) is 27.0. The molecule has 1 aromatic carbocycles. The highest BCUT2D eigenvalue weighted by Crippen LogP contribution is 2.17. The van der Waals surface area contributed by atoms with Crippen molar-refractivity contribution < 1.29 is 14.7 Å². The number of amides is 1. The molecule has 2 rings (SSSR count). The van der Waals surface area contributed by atoms with Crippen LogP contribution in [0.25, 0.3) is 0 Å². The van der Waals surface area contributed by atoms with Gasteiger partial charge in [-0.3, -0.25) is 19.4 Å². The molecule has 1 aliphatic heterocycles. The van der Waals surface area contributed by atoms with Crippen LogP contribution >= 0.6 is 24.0 Å². The number of aliphatic carboxylic acids is 1. The lowest BCUT2D eigenvalue weighted by Gasteiger charge is -2.35. The van der Waals surface area contributed by atoms with E-state index in [1.54, 1.807) is 0 Å². The van der Waals surface area contributed by atoms with Gasteiger partial charge < -0.3 is 10.4 Å². The molecule has 0 radical (unpaired) electrons. The molecule has 1 fully saturated rings. The average molecular weight is 404 g/mol. The Kier molecular flexibility index (Phi) is 9.36. The Hall–Kier alpha value is -1.34. The normalized spacial score (nSPS) is 16.8. The first-order chi connectivity index (χ1) is 11.8. The Labute approximate surface area is 165 Å². The van der Waals surface area contributed by atoms with E-state index in [-0.39, 0.29) is 36.9 Å². The molecule has 1 aliphatic rings. The number of carbonyl (C=O) groups excluding carboxylic acids is 1. The van der Waals surface area contributed by atoms with E-state index in [1.807, 2.05) is 43.1 Å². The van der Waals surface area contributed by atoms with Gasteiger partial charge in [0.15, 0.2) is 0 Å². The molecule has 0 aliphatic carbocycles. The van der Waals surface area contributed by atoms with E-state index in [9.17, 15) is 9.59 Å². The van der Waals surface area contributed by atoms with Crippen LogP contribution in [-0.2, 0) is 9.59 Å². The van der Waals surface area contributed by atoms with Gasteiger partial charge in [0.1, 0.15) is 0 Å². The number of nitrogens with zero attached hydrogens (tertiary/aromatic N) is 2. The molecule has 8 heteroatoms. The fourth-order valence-corrected chi connectivity index (χ4v) is 3.31. The van der Waals surface area contributed by atoms with Crippen LogP contribution in [0.2, 0.25) is 5.02 Å². The number of likely N-dealkylation sites (N-methyl/N-ethyl adjacent to an activating group) is 1. The SMILES string of the molecule is CC(NC(=O)CN1CCC(N(C)CC(=O)O)CC1)c1ccc(Cl)cc1.Cl. The summed E-state index contributed by atoms with van der Waals surface area (Å²) in [5, 5.41) is 12.6. The van der Waals surface area contributed by atoms with E-state index >= 15 is 0 Å². The van der Waals surface area contributed by atoms with Crippen molar-refractivity contribution in [1.82, 2.24) is 15.1 Å². The summed E-state index contributed by atoms with van der Waals surface area (Å²) in [5.41, 5.74) is 1.02. The third-order valence-electron chi connectivity index (χ3n) is 4.68. The van der Waals surface area contributed by atoms with Crippen molar-refractivity contribution in [2.24, 2.45) is 0 Å². The molecule has 146 valence electrons. The molecular formula is C18H27Cl2N3O3. The van der Waals surface area contributed by atoms with Gasteiger partial charge in [-0.2, -0.15) is 0 Å². The van der Waals surface area contributed by atoms with Gasteiger partial charge >= 0.3 is 5.97 Å². The number of carboxylic acids is 1. The summed E-state index contributed by atoms with van der Waals surface area (Å²) in [6.07, 6.45) is 1.76. The summed E-state index contributed by atoms with van der Waals surface area (Å²) < 4.78 is 0. The summed E-state index contributed by atoms with van der Waals surface area (Å²) in [6.45, 7) is 3.99. The smallest absolute Gasteiger partial charge is 0.317 e. The largest absolute Gasteiger partial charge is 0.480 e. The lowest BCUT2D eigenvalue weighted by atomic mass is 10.0. The van der Waals surface area contributed by atoms with Gasteiger partial charge in [0.2, 0.25) is 5.91 Å². The summed E-state index contributed by atoms with van der Waals surface area (Å²) in [6, 6.07) is 7.66. The standard InChI is InChI=1S/C18H26ClN3O3.ClH/c1-13(14-3-5-15(19)6-4-14)20-17(23)11-22-9-7-16(8-10-22)21(2)12-18(24)25;/h3-6,13,16H,7-12H2,1-2H3,(H,20,23)(H,24,25);1H. The quantitative estimate of drug-likeness (QED) is 0.731. The molecule has 26 heavy (non-hydrogen) atoms. The van der Waals surface area contributed by atoms with Crippen molar-refractivity contribution >= 4 is 35.9 Å². The van der Waals surface area contributed by atoms with Crippen LogP contribution in [0.3, 0.4) is 0 Å². The van der Waals surface area contributed by atoms with Crippen LogP contribution < -0.4 is 5.32 Å². The fourth-order valence-electron chi connectivity index (χ4n) is 3.19. The van der Waals surface area contributed by atoms with Gasteiger partial charge in [-0.15, -0.1) is 12.4 Å². The van der Waals surface area contributed by atoms with E-state index in [4.69, 9.17) is 16.7 Å². The molecule has 1 heterocycles. The van der Waals surface area contributed by atoms with Crippen molar-refractivity contribution in [3.05, 3.63) is 34.9 Å². The molecule has 0 aromatic heterocycles. The molecule has 2 N–H and O–H groups in total. The van der Waals surface area contributed by atoms with Gasteiger partial charge in [0, 0.05) is 24.2 Å². The lowest BCUT2D eigenvalue weighted by Crippen LogP contribution is -2.47. The van der Waals surface area contributed by atoms with E-state index in [0.29, 0.717) is 11.6 Å². The Morgan fingerprint density at radius 2 is 1.88 bits per heavy atom. The van der Waals surface area contributed by atoms with E-state index < -0.39 is 5.97 Å². The number of nitrogens with one attached hydrogen (secondary N) is 1. The number of halogens is 2. The first kappa shape index (κ1) is 22.7. The Balaban J connectivity index is 0.00000338. The highest BCUT2D eigenvalue weighted by atomic mass is 35.5. The van der Waals surface area contributed by atoms with Gasteiger partial charge in [-0.1, -0.05) is 23.7 Å². The number of piperidine rings is 1. The van der Waals surface area contributed by atoms with E-state index in [0.717, 1.165) is 31.5 Å². The van der Waals surface area contributed by atoms with Crippen molar-refractivity contribution in [1.29, 1.82) is 0 Å². The van der Waals surface area contributed by atoms with E-state index in [1.165, 1.54) is 0 Å². The number of carbonyl (C=O) groups is 2. The zero-order valence-corrected chi connectivity index (χ0v) is 16.7. The van der Waals surface area contributed by atoms with E-state index in [2.05, 4.69) is 10.2 Å². The Morgan fingerprint density at radius 3 is 2.42 bits per heavy atom. The minimum atomic E-state index is -0.805. The minimum absolute atomic E-state index is 0. The minimum Gasteiger partial charge on any atom is -0.480 e. The number of likely N-dealkylation sites (tertiary alicyclic amines) is 1. The van der Waals surface area contributed by atoms with Crippen molar-refractivity contribution in [2.45, 2.75) is 31.8 Å². The third kappa shape index (κ3) is 7.11. The van der Waals surface area contributed by atoms with Crippen LogP contribution in [0, 0.1) is 0 Å². The average Bonchev–Trinajstić information content (AvgIpc) is 2.55. The second-order valence-electron chi connectivity index (χ2n) is 6.66. The fraction of sp³-hybridized carbons (Fsp3) is 0.556. The number of carboxylic acid groups (broad SMARTS) is 1. The molecule has 1 atom stereocenters. The maximum absolute atomic E-state index is 12.3. The van der Waals surface area contributed by atoms with Gasteiger partial charge in [-0.25, -0.2) is 0 Å². The monoisotopic (exact) mass is 403 g/mol. The number of benzene rings is 1. The summed E-state index contributed by atoms with van der Waals surface area (Å²) >= 11 is 5.88. The molecule has 0 saturated carbocycles. The number of rotatable bonds is 7. The summed E-state index contributed by atoms with van der Waals surface area (Å²) in [7, 11) is 1.84. The molecular weight excluding hydrogens is 377 g/mol. The molecule has 1 aromatic rings. The number of hydrogen-bond acceptors (Lipinski definition) is 4. The molecule has 6 nitrogen and oxygen atoms in total. The summed E-state index contributed by atoms with van der Waals surface area (Å²) in [5.74, 6) is -0.805. The highest BCUT2D eigenvalue weighted by Gasteiger charge is 2.24. The van der Waals surface area contributed by atoms with Crippen molar-refractivity contribution in [2.75, 3.05) is 33.2 Å². The zero-order valence-electron chi connectivity index (χ0n) is 15.2. The van der Waals surface area contributed by atoms with Crippen LogP contribution in [-0.4, -0.2) is 66.1 Å². The third-order valence-corrected chi connectivity index (χ3v) is 4.93. The molecule has 0 spiro atoms. The van der Waals surface area contributed by atoms with Gasteiger partial charge in [0.25, 0.3) is 0 Å². The van der Waals surface area contributed by atoms with Crippen molar-refractivity contribution in [3.8, 4) is 0 Å². The topological polar surface area (TPSA) is 72.9 Å². The molecule has 0 bridgehead atoms. The number of hydrogen-bond donors (Lipinski definition) is 2. The van der Waals surface area contributed by atoms with Crippen LogP contribution in [0.5, 0.6) is 0 Å². The van der Waals surface area contributed by atoms with Crippen LogP contribution in [0.4, 0.5) is 0 Å². The van der Waals surface area contributed by atoms with Crippen LogP contribution in [0.1, 0.15) is 31.4 Å². The van der Waals surface area contributed by atoms with Crippen molar-refractivity contribution in [3.63, 3.8) is 0 Å². The predicted molar refractivity (Wildman–Crippen MR) is 105 cm³/mol. The highest BCUT2D eigenvalue weighted by molar-refractivity contribution is 6.30. The maximum Gasteiger partial charge on any atom is 0.317 e. The zero-order chi connectivity index (χ0) is 18.4. The second-order valence-corrected chi connectivity index (χ2v) is 7.09. The first-order valence-electron chi connectivity index (χ1n) is 8.54. The molecule has 1 unspecified atom stereocenters. The second kappa shape index (κ2) is 10.7. The predicted octanol–water partition coefficient (Wildman–Crippen LogP) is 2.42. The van der Waals surface area contributed by atoms with Crippen LogP contribution in [0.15, 0.2) is 24.3 Å². The Morgan fingerprint density at radius 1 is 1.31 bits per heavy atom. The van der Waals surface area contributed by atoms with Gasteiger partial charge in [0.05, 0.1) is 19.1 Å². The molecule has 1 amide bonds. The lowest BCUT2D eigenvalue weighted by molar-refractivity contribution is -0.138. The Bertz CT molecular complexity index is 590. The molecule has 1 saturated heterocycles. The first-order valence-corrected chi connectivity index (χ1v) is 8.92. The maximum atomic E-state index is 12.3.